The molecule has 0 bridgehead atoms. The predicted octanol–water partition coefficient (Wildman–Crippen LogP) is 2.97. The number of nitrogens with zero attached hydrogens (tertiary/aromatic N) is 5. The molecule has 6 nitrogen and oxygen atoms in total. The predicted molar refractivity (Wildman–Crippen MR) is 89.4 cm³/mol. The Bertz CT molecular complexity index is 756. The molecule has 0 spiro atoms. The Morgan fingerprint density at radius 1 is 1.04 bits per heavy atom. The Morgan fingerprint density at radius 3 is 2.39 bits per heavy atom. The molecule has 0 amide bonds. The van der Waals surface area contributed by atoms with Gasteiger partial charge in [0, 0.05) is 29.9 Å². The van der Waals surface area contributed by atoms with Gasteiger partial charge in [-0.2, -0.15) is 0 Å². The lowest BCUT2D eigenvalue weighted by Gasteiger charge is -2.16. The number of hydrogen-bond acceptors (Lipinski definition) is 5. The maximum atomic E-state index is 4.44. The highest BCUT2D eigenvalue weighted by molar-refractivity contribution is 5.40. The molecule has 0 fully saturated rings. The van der Waals surface area contributed by atoms with E-state index in [4.69, 9.17) is 0 Å². The Balaban J connectivity index is 1.71. The Morgan fingerprint density at radius 2 is 1.74 bits per heavy atom. The molecule has 0 saturated heterocycles. The van der Waals surface area contributed by atoms with Crippen molar-refractivity contribution in [2.45, 2.75) is 32.7 Å². The molecule has 23 heavy (non-hydrogen) atoms. The minimum Gasteiger partial charge on any atom is -0.350 e. The van der Waals surface area contributed by atoms with Gasteiger partial charge in [-0.05, 0) is 12.1 Å². The second-order valence-corrected chi connectivity index (χ2v) is 6.38. The molecule has 1 N–H and O–H groups in total. The molecule has 0 atom stereocenters. The van der Waals surface area contributed by atoms with E-state index in [0.717, 1.165) is 17.1 Å². The molecule has 0 aliphatic rings. The van der Waals surface area contributed by atoms with Gasteiger partial charge in [0.05, 0.1) is 5.69 Å². The number of benzene rings is 1. The zero-order valence-corrected chi connectivity index (χ0v) is 13.6. The lowest BCUT2D eigenvalue weighted by molar-refractivity contribution is 0.544. The molecular weight excluding hydrogens is 288 g/mol. The van der Waals surface area contributed by atoms with Crippen molar-refractivity contribution >= 4 is 5.95 Å². The molecule has 0 aliphatic carbocycles. The highest BCUT2D eigenvalue weighted by Crippen LogP contribution is 2.17. The number of rotatable bonds is 4. The van der Waals surface area contributed by atoms with Crippen LogP contribution in [0.1, 0.15) is 32.2 Å². The lowest BCUT2D eigenvalue weighted by atomic mass is 9.96. The second-order valence-electron chi connectivity index (χ2n) is 6.38. The summed E-state index contributed by atoms with van der Waals surface area (Å²) in [6.45, 7) is 6.89. The van der Waals surface area contributed by atoms with Crippen LogP contribution in [0.2, 0.25) is 0 Å². The van der Waals surface area contributed by atoms with Crippen molar-refractivity contribution in [2.75, 3.05) is 5.32 Å². The first kappa shape index (κ1) is 15.1. The van der Waals surface area contributed by atoms with Crippen LogP contribution in [-0.2, 0) is 12.0 Å². The maximum absolute atomic E-state index is 4.44. The summed E-state index contributed by atoms with van der Waals surface area (Å²) < 4.78 is 1.91. The van der Waals surface area contributed by atoms with Gasteiger partial charge in [0.15, 0.2) is 0 Å². The van der Waals surface area contributed by atoms with Crippen molar-refractivity contribution in [3.8, 4) is 5.69 Å². The fourth-order valence-electron chi connectivity index (χ4n) is 2.15. The number of anilines is 1. The molecule has 2 heterocycles. The van der Waals surface area contributed by atoms with E-state index in [1.807, 2.05) is 47.3 Å². The molecule has 6 heteroatoms. The van der Waals surface area contributed by atoms with Crippen LogP contribution in [0.5, 0.6) is 0 Å². The lowest BCUT2D eigenvalue weighted by Crippen LogP contribution is -2.16. The first-order valence-electron chi connectivity index (χ1n) is 7.55. The van der Waals surface area contributed by atoms with Gasteiger partial charge in [-0.1, -0.05) is 39.0 Å². The van der Waals surface area contributed by atoms with Crippen LogP contribution in [0.15, 0.2) is 49.1 Å². The summed E-state index contributed by atoms with van der Waals surface area (Å²) in [6, 6.07) is 9.97. The third-order valence-corrected chi connectivity index (χ3v) is 3.41. The largest absolute Gasteiger partial charge is 0.350 e. The summed E-state index contributed by atoms with van der Waals surface area (Å²) in [6.07, 6.45) is 5.39. The quantitative estimate of drug-likeness (QED) is 0.802. The summed E-state index contributed by atoms with van der Waals surface area (Å²) in [5.41, 5.74) is 1.97. The average molecular weight is 308 g/mol. The van der Waals surface area contributed by atoms with E-state index in [0.29, 0.717) is 12.5 Å². The number of nitrogens with one attached hydrogen (secondary N) is 1. The zero-order chi connectivity index (χ0) is 16.3. The van der Waals surface area contributed by atoms with E-state index in [2.05, 4.69) is 46.3 Å². The molecule has 0 unspecified atom stereocenters. The summed E-state index contributed by atoms with van der Waals surface area (Å²) in [5.74, 6) is 1.53. The van der Waals surface area contributed by atoms with E-state index in [1.54, 1.807) is 6.33 Å². The van der Waals surface area contributed by atoms with Crippen molar-refractivity contribution in [1.29, 1.82) is 0 Å². The minimum absolute atomic E-state index is 0.0422. The highest BCUT2D eigenvalue weighted by Gasteiger charge is 2.16. The van der Waals surface area contributed by atoms with Crippen molar-refractivity contribution in [2.24, 2.45) is 0 Å². The molecule has 3 aromatic rings. The van der Waals surface area contributed by atoms with Crippen LogP contribution in [0.25, 0.3) is 5.69 Å². The minimum atomic E-state index is -0.0422. The zero-order valence-electron chi connectivity index (χ0n) is 13.6. The molecule has 0 aliphatic heterocycles. The Kier molecular flexibility index (Phi) is 4.06. The van der Waals surface area contributed by atoms with Gasteiger partial charge in [0.25, 0.3) is 0 Å². The molecule has 3 rings (SSSR count). The van der Waals surface area contributed by atoms with Crippen LogP contribution in [0.4, 0.5) is 5.95 Å². The first-order chi connectivity index (χ1) is 11.0. The van der Waals surface area contributed by atoms with Crippen LogP contribution in [0.3, 0.4) is 0 Å². The standard InChI is InChI=1S/C17H20N6/c1-17(2,3)15-18-9-13(10-19-15)11-20-16-22-21-12-23(16)14-7-5-4-6-8-14/h4-10,12H,11H2,1-3H3,(H,20,22). The molecule has 118 valence electrons. The van der Waals surface area contributed by atoms with E-state index in [1.165, 1.54) is 0 Å². The molecular formula is C17H20N6. The normalized spacial score (nSPS) is 11.4. The maximum Gasteiger partial charge on any atom is 0.229 e. The summed E-state index contributed by atoms with van der Waals surface area (Å²) in [4.78, 5) is 8.87. The van der Waals surface area contributed by atoms with E-state index >= 15 is 0 Å². The highest BCUT2D eigenvalue weighted by atomic mass is 15.3. The van der Waals surface area contributed by atoms with Gasteiger partial charge < -0.3 is 5.32 Å². The van der Waals surface area contributed by atoms with Gasteiger partial charge in [0.2, 0.25) is 5.95 Å². The first-order valence-corrected chi connectivity index (χ1v) is 7.55. The summed E-state index contributed by atoms with van der Waals surface area (Å²) >= 11 is 0. The van der Waals surface area contributed by atoms with Gasteiger partial charge in [-0.15, -0.1) is 10.2 Å². The number of hydrogen-bond donors (Lipinski definition) is 1. The van der Waals surface area contributed by atoms with E-state index < -0.39 is 0 Å². The summed E-state index contributed by atoms with van der Waals surface area (Å²) in [5, 5.41) is 11.4. The average Bonchev–Trinajstić information content (AvgIpc) is 3.02. The molecule has 2 aromatic heterocycles. The van der Waals surface area contributed by atoms with Gasteiger partial charge in [-0.25, -0.2) is 9.97 Å². The Labute approximate surface area is 135 Å². The third-order valence-electron chi connectivity index (χ3n) is 3.41. The fraction of sp³-hybridized carbons (Fsp3) is 0.294. The monoisotopic (exact) mass is 308 g/mol. The van der Waals surface area contributed by atoms with Gasteiger partial charge in [-0.3, -0.25) is 4.57 Å². The SMILES string of the molecule is CC(C)(C)c1ncc(CNc2nncn2-c2ccccc2)cn1. The third kappa shape index (κ3) is 3.53. The van der Waals surface area contributed by atoms with Crippen molar-refractivity contribution in [3.05, 3.63) is 60.4 Å². The van der Waals surface area contributed by atoms with E-state index in [-0.39, 0.29) is 5.41 Å². The van der Waals surface area contributed by atoms with Crippen molar-refractivity contribution < 1.29 is 0 Å². The van der Waals surface area contributed by atoms with Crippen molar-refractivity contribution in [1.82, 2.24) is 24.7 Å². The second kappa shape index (κ2) is 6.16. The molecule has 0 saturated carbocycles. The van der Waals surface area contributed by atoms with Crippen LogP contribution >= 0.6 is 0 Å². The molecule has 0 radical (unpaired) electrons. The topological polar surface area (TPSA) is 68.5 Å². The Hall–Kier alpha value is -2.76. The number of para-hydroxylation sites is 1. The smallest absolute Gasteiger partial charge is 0.229 e. The van der Waals surface area contributed by atoms with Crippen LogP contribution in [-0.4, -0.2) is 24.7 Å². The number of aromatic nitrogens is 5. The fourth-order valence-corrected chi connectivity index (χ4v) is 2.15. The summed E-state index contributed by atoms with van der Waals surface area (Å²) in [7, 11) is 0. The van der Waals surface area contributed by atoms with Crippen LogP contribution < -0.4 is 5.32 Å². The van der Waals surface area contributed by atoms with Gasteiger partial charge >= 0.3 is 0 Å². The molecule has 1 aromatic carbocycles. The van der Waals surface area contributed by atoms with Crippen molar-refractivity contribution in [3.63, 3.8) is 0 Å². The van der Waals surface area contributed by atoms with E-state index in [9.17, 15) is 0 Å². The van der Waals surface area contributed by atoms with Crippen LogP contribution in [0, 0.1) is 0 Å². The van der Waals surface area contributed by atoms with Gasteiger partial charge in [0.1, 0.15) is 12.2 Å².